The Balaban J connectivity index is 1.43. The molecule has 2 aromatic carbocycles. The van der Waals surface area contributed by atoms with Gasteiger partial charge in [0.1, 0.15) is 12.7 Å². The van der Waals surface area contributed by atoms with Crippen molar-refractivity contribution in [3.8, 4) is 5.69 Å². The Morgan fingerprint density at radius 2 is 1.73 bits per heavy atom. The molecule has 0 bridgehead atoms. The van der Waals surface area contributed by atoms with Crippen molar-refractivity contribution in [1.29, 1.82) is 0 Å². The van der Waals surface area contributed by atoms with Gasteiger partial charge in [0.05, 0.1) is 17.3 Å². The number of rotatable bonds is 3. The Morgan fingerprint density at radius 3 is 2.47 bits per heavy atom. The van der Waals surface area contributed by atoms with Gasteiger partial charge in [-0.2, -0.15) is 5.10 Å². The maximum atomic E-state index is 13.4. The lowest BCUT2D eigenvalue weighted by Gasteiger charge is -2.29. The average Bonchev–Trinajstić information content (AvgIpc) is 3.50. The number of para-hydroxylation sites is 1. The van der Waals surface area contributed by atoms with Gasteiger partial charge in [-0.1, -0.05) is 42.5 Å². The molecule has 3 aromatic rings. The SMILES string of the molecule is CC(=O)N1C[C@H]2CN(C(=O)c3ccccc3-n3cncn3)C[C@H]2[C@@H]1c1ccccc1. The molecule has 0 N–H and O–H groups in total. The summed E-state index contributed by atoms with van der Waals surface area (Å²) in [7, 11) is 0. The third-order valence-electron chi connectivity index (χ3n) is 6.30. The van der Waals surface area contributed by atoms with Crippen LogP contribution >= 0.6 is 0 Å². The number of hydrogen-bond acceptors (Lipinski definition) is 4. The zero-order valence-corrected chi connectivity index (χ0v) is 16.8. The summed E-state index contributed by atoms with van der Waals surface area (Å²) in [6.07, 6.45) is 3.06. The smallest absolute Gasteiger partial charge is 0.256 e. The zero-order chi connectivity index (χ0) is 20.7. The van der Waals surface area contributed by atoms with E-state index in [0.717, 1.165) is 11.3 Å². The van der Waals surface area contributed by atoms with Crippen molar-refractivity contribution in [2.45, 2.75) is 13.0 Å². The summed E-state index contributed by atoms with van der Waals surface area (Å²) in [4.78, 5) is 33.6. The average molecular weight is 401 g/mol. The molecule has 0 saturated carbocycles. The molecule has 0 radical (unpaired) electrons. The minimum atomic E-state index is -0.00307. The van der Waals surface area contributed by atoms with E-state index in [-0.39, 0.29) is 29.7 Å². The number of hydrogen-bond donors (Lipinski definition) is 0. The molecule has 2 saturated heterocycles. The summed E-state index contributed by atoms with van der Waals surface area (Å²) in [5.74, 6) is 0.602. The van der Waals surface area contributed by atoms with Crippen LogP contribution < -0.4 is 0 Å². The summed E-state index contributed by atoms with van der Waals surface area (Å²) in [5, 5.41) is 4.19. The van der Waals surface area contributed by atoms with Gasteiger partial charge >= 0.3 is 0 Å². The number of fused-ring (bicyclic) bond motifs is 1. The first-order valence-corrected chi connectivity index (χ1v) is 10.2. The van der Waals surface area contributed by atoms with Crippen molar-refractivity contribution in [3.63, 3.8) is 0 Å². The molecule has 3 heterocycles. The fourth-order valence-electron chi connectivity index (χ4n) is 4.97. The van der Waals surface area contributed by atoms with Crippen molar-refractivity contribution in [3.05, 3.63) is 78.4 Å². The van der Waals surface area contributed by atoms with Crippen LogP contribution in [0.4, 0.5) is 0 Å². The molecule has 0 aliphatic carbocycles. The molecule has 2 fully saturated rings. The van der Waals surface area contributed by atoms with Crippen LogP contribution in [0.2, 0.25) is 0 Å². The molecular weight excluding hydrogens is 378 g/mol. The predicted octanol–water partition coefficient (Wildman–Crippen LogP) is 2.56. The van der Waals surface area contributed by atoms with E-state index in [4.69, 9.17) is 0 Å². The second kappa shape index (κ2) is 7.40. The second-order valence-corrected chi connectivity index (χ2v) is 8.02. The molecule has 2 aliphatic heterocycles. The van der Waals surface area contributed by atoms with Crippen LogP contribution in [0.1, 0.15) is 28.9 Å². The number of carbonyl (C=O) groups is 2. The highest BCUT2D eigenvalue weighted by molar-refractivity contribution is 5.98. The summed E-state index contributed by atoms with van der Waals surface area (Å²) < 4.78 is 1.62. The van der Waals surface area contributed by atoms with Crippen LogP contribution in [0.5, 0.6) is 0 Å². The van der Waals surface area contributed by atoms with E-state index in [9.17, 15) is 9.59 Å². The van der Waals surface area contributed by atoms with Crippen LogP contribution in [-0.4, -0.2) is 56.0 Å². The van der Waals surface area contributed by atoms with Gasteiger partial charge in [-0.05, 0) is 17.7 Å². The van der Waals surface area contributed by atoms with Gasteiger partial charge in [0.15, 0.2) is 0 Å². The van der Waals surface area contributed by atoms with Crippen LogP contribution in [0.25, 0.3) is 5.69 Å². The maximum absolute atomic E-state index is 13.4. The van der Waals surface area contributed by atoms with Crippen LogP contribution in [0, 0.1) is 11.8 Å². The summed E-state index contributed by atoms with van der Waals surface area (Å²) in [6, 6.07) is 17.6. The number of likely N-dealkylation sites (tertiary alicyclic amines) is 2. The lowest BCUT2D eigenvalue weighted by molar-refractivity contribution is -0.130. The number of aromatic nitrogens is 3. The van der Waals surface area contributed by atoms with E-state index in [1.165, 1.54) is 6.33 Å². The van der Waals surface area contributed by atoms with Gasteiger partial charge in [0.2, 0.25) is 5.91 Å². The minimum Gasteiger partial charge on any atom is -0.338 e. The second-order valence-electron chi connectivity index (χ2n) is 8.02. The van der Waals surface area contributed by atoms with E-state index in [1.54, 1.807) is 17.9 Å². The summed E-state index contributed by atoms with van der Waals surface area (Å²) in [5.41, 5.74) is 2.47. The molecule has 1 aromatic heterocycles. The molecule has 2 amide bonds. The van der Waals surface area contributed by atoms with E-state index in [2.05, 4.69) is 22.2 Å². The first-order chi connectivity index (χ1) is 14.6. The Bertz CT molecular complexity index is 1070. The summed E-state index contributed by atoms with van der Waals surface area (Å²) >= 11 is 0. The lowest BCUT2D eigenvalue weighted by atomic mass is 9.89. The first kappa shape index (κ1) is 18.5. The normalized spacial score (nSPS) is 22.9. The predicted molar refractivity (Wildman–Crippen MR) is 111 cm³/mol. The minimum absolute atomic E-state index is 0.00307. The number of benzene rings is 2. The largest absolute Gasteiger partial charge is 0.338 e. The highest BCUT2D eigenvalue weighted by Crippen LogP contribution is 2.45. The molecule has 30 heavy (non-hydrogen) atoms. The van der Waals surface area contributed by atoms with Crippen molar-refractivity contribution in [2.24, 2.45) is 11.8 Å². The van der Waals surface area contributed by atoms with E-state index >= 15 is 0 Å². The quantitative estimate of drug-likeness (QED) is 0.676. The molecule has 3 atom stereocenters. The maximum Gasteiger partial charge on any atom is 0.256 e. The summed E-state index contributed by atoms with van der Waals surface area (Å²) in [6.45, 7) is 3.61. The molecule has 0 spiro atoms. The molecule has 0 unspecified atom stereocenters. The molecule has 2 aliphatic rings. The van der Waals surface area contributed by atoms with E-state index < -0.39 is 0 Å². The number of carbonyl (C=O) groups excluding carboxylic acids is 2. The van der Waals surface area contributed by atoms with Crippen molar-refractivity contribution < 1.29 is 9.59 Å². The monoisotopic (exact) mass is 401 g/mol. The van der Waals surface area contributed by atoms with E-state index in [0.29, 0.717) is 25.2 Å². The van der Waals surface area contributed by atoms with Gasteiger partial charge in [-0.25, -0.2) is 9.67 Å². The standard InChI is InChI=1S/C23H23N5O2/c1-16(29)27-12-18-11-26(13-20(18)22(27)17-7-3-2-4-8-17)23(30)19-9-5-6-10-21(19)28-15-24-14-25-28/h2-10,14-15,18,20,22H,11-13H2,1H3/t18-,20-,22+/m1/s1. The number of amides is 2. The lowest BCUT2D eigenvalue weighted by Crippen LogP contribution is -2.36. The topological polar surface area (TPSA) is 71.3 Å². The molecule has 152 valence electrons. The Labute approximate surface area is 174 Å². The highest BCUT2D eigenvalue weighted by Gasteiger charge is 2.49. The van der Waals surface area contributed by atoms with Crippen molar-refractivity contribution >= 4 is 11.8 Å². The van der Waals surface area contributed by atoms with Gasteiger partial charge in [0.25, 0.3) is 5.91 Å². The zero-order valence-electron chi connectivity index (χ0n) is 16.8. The first-order valence-electron chi connectivity index (χ1n) is 10.2. The van der Waals surface area contributed by atoms with Crippen molar-refractivity contribution in [1.82, 2.24) is 24.6 Å². The van der Waals surface area contributed by atoms with Gasteiger partial charge in [0, 0.05) is 38.4 Å². The molecule has 7 heteroatoms. The third kappa shape index (κ3) is 3.07. The van der Waals surface area contributed by atoms with Gasteiger partial charge in [-0.3, -0.25) is 9.59 Å². The van der Waals surface area contributed by atoms with Crippen molar-refractivity contribution in [2.75, 3.05) is 19.6 Å². The fraction of sp³-hybridized carbons (Fsp3) is 0.304. The Morgan fingerprint density at radius 1 is 0.967 bits per heavy atom. The van der Waals surface area contributed by atoms with Gasteiger partial charge < -0.3 is 9.80 Å². The van der Waals surface area contributed by atoms with Gasteiger partial charge in [-0.15, -0.1) is 0 Å². The van der Waals surface area contributed by atoms with E-state index in [1.807, 2.05) is 52.3 Å². The van der Waals surface area contributed by atoms with Crippen LogP contribution in [0.15, 0.2) is 67.3 Å². The fourth-order valence-corrected chi connectivity index (χ4v) is 4.97. The molecular formula is C23H23N5O2. The highest BCUT2D eigenvalue weighted by atomic mass is 16.2. The molecule has 5 rings (SSSR count). The third-order valence-corrected chi connectivity index (χ3v) is 6.30. The Kier molecular flexibility index (Phi) is 4.58. The molecule has 7 nitrogen and oxygen atoms in total. The number of nitrogens with zero attached hydrogens (tertiary/aromatic N) is 5. The van der Waals surface area contributed by atoms with Crippen LogP contribution in [0.3, 0.4) is 0 Å². The van der Waals surface area contributed by atoms with Crippen LogP contribution in [-0.2, 0) is 4.79 Å². The Hall–Kier alpha value is -3.48.